The third-order valence-corrected chi connectivity index (χ3v) is 4.19. The minimum absolute atomic E-state index is 0. The lowest BCUT2D eigenvalue weighted by molar-refractivity contribution is -0.136. The minimum atomic E-state index is -0.314. The van der Waals surface area contributed by atoms with E-state index in [-0.39, 0.29) is 30.3 Å². The van der Waals surface area contributed by atoms with Crippen molar-refractivity contribution in [3.05, 3.63) is 0 Å². The Kier molecular flexibility index (Phi) is 7.10. The van der Waals surface area contributed by atoms with Gasteiger partial charge in [-0.3, -0.25) is 4.79 Å². The first kappa shape index (κ1) is 16.7. The Balaban J connectivity index is 0.00000256. The van der Waals surface area contributed by atoms with Gasteiger partial charge in [-0.2, -0.15) is 0 Å². The molecule has 3 nitrogen and oxygen atoms in total. The quantitative estimate of drug-likeness (QED) is 0.848. The molecule has 4 atom stereocenters. The molecule has 2 N–H and O–H groups in total. The molecule has 0 bridgehead atoms. The van der Waals surface area contributed by atoms with E-state index >= 15 is 0 Å². The Hall–Kier alpha value is -0.280. The van der Waals surface area contributed by atoms with Gasteiger partial charge in [-0.25, -0.2) is 0 Å². The van der Waals surface area contributed by atoms with Crippen LogP contribution in [-0.4, -0.2) is 29.9 Å². The fourth-order valence-electron chi connectivity index (χ4n) is 2.17. The molecule has 0 radical (unpaired) electrons. The summed E-state index contributed by atoms with van der Waals surface area (Å²) in [5, 5.41) is 0. The van der Waals surface area contributed by atoms with Crippen LogP contribution < -0.4 is 5.73 Å². The third kappa shape index (κ3) is 4.14. The number of carbonyl (C=O) groups is 1. The molecule has 1 amide bonds. The molecule has 4 heteroatoms. The van der Waals surface area contributed by atoms with Crippen LogP contribution in [0.4, 0.5) is 0 Å². The number of rotatable bonds is 3. The summed E-state index contributed by atoms with van der Waals surface area (Å²) in [4.78, 5) is 14.1. The maximum absolute atomic E-state index is 12.2. The smallest absolute Gasteiger partial charge is 0.239 e. The molecule has 4 unspecified atom stereocenters. The summed E-state index contributed by atoms with van der Waals surface area (Å²) in [5.41, 5.74) is 5.99. The van der Waals surface area contributed by atoms with E-state index < -0.39 is 0 Å². The first-order chi connectivity index (χ1) is 7.47. The van der Waals surface area contributed by atoms with Crippen LogP contribution >= 0.6 is 12.4 Å². The first-order valence-electron chi connectivity index (χ1n) is 6.51. The summed E-state index contributed by atoms with van der Waals surface area (Å²) in [6.07, 6.45) is 2.08. The molecule has 102 valence electrons. The van der Waals surface area contributed by atoms with Crippen molar-refractivity contribution in [2.45, 2.75) is 46.6 Å². The maximum atomic E-state index is 12.2. The van der Waals surface area contributed by atoms with Crippen molar-refractivity contribution in [2.24, 2.45) is 23.5 Å². The number of halogens is 1. The summed E-state index contributed by atoms with van der Waals surface area (Å²) in [7, 11) is 0. The molecular weight excluding hydrogens is 236 g/mol. The van der Waals surface area contributed by atoms with E-state index in [9.17, 15) is 4.79 Å². The van der Waals surface area contributed by atoms with Crippen LogP contribution in [0.3, 0.4) is 0 Å². The summed E-state index contributed by atoms with van der Waals surface area (Å²) >= 11 is 0. The van der Waals surface area contributed by atoms with Crippen LogP contribution in [0.5, 0.6) is 0 Å². The van der Waals surface area contributed by atoms with E-state index in [1.54, 1.807) is 0 Å². The molecule has 0 aliphatic carbocycles. The van der Waals surface area contributed by atoms with E-state index in [1.165, 1.54) is 0 Å². The van der Waals surface area contributed by atoms with Gasteiger partial charge in [0.25, 0.3) is 0 Å². The molecule has 1 saturated heterocycles. The second-order valence-electron chi connectivity index (χ2n) is 5.44. The molecule has 1 rings (SSSR count). The highest BCUT2D eigenvalue weighted by molar-refractivity contribution is 5.85. The zero-order chi connectivity index (χ0) is 12.3. The molecule has 0 aromatic heterocycles. The van der Waals surface area contributed by atoms with Crippen LogP contribution in [0.2, 0.25) is 0 Å². The van der Waals surface area contributed by atoms with Gasteiger partial charge in [-0.15, -0.1) is 12.4 Å². The van der Waals surface area contributed by atoms with Crippen LogP contribution in [0.15, 0.2) is 0 Å². The number of hydrogen-bond acceptors (Lipinski definition) is 2. The Morgan fingerprint density at radius 3 is 2.47 bits per heavy atom. The molecule has 0 aromatic rings. The molecule has 1 fully saturated rings. The van der Waals surface area contributed by atoms with Crippen molar-refractivity contribution in [2.75, 3.05) is 13.1 Å². The monoisotopic (exact) mass is 262 g/mol. The predicted octanol–water partition coefficient (Wildman–Crippen LogP) is 2.29. The molecular formula is C13H27ClN2O. The van der Waals surface area contributed by atoms with E-state index in [0.29, 0.717) is 5.92 Å². The lowest BCUT2D eigenvalue weighted by atomic mass is 9.88. The Labute approximate surface area is 112 Å². The third-order valence-electron chi connectivity index (χ3n) is 4.19. The Morgan fingerprint density at radius 1 is 1.41 bits per heavy atom. The van der Waals surface area contributed by atoms with Gasteiger partial charge in [-0.1, -0.05) is 34.1 Å². The van der Waals surface area contributed by atoms with Crippen molar-refractivity contribution in [3.8, 4) is 0 Å². The SMILES string of the molecule is CCC(C)C(N)C(=O)N1CCC(C)C(C)C1.Cl. The predicted molar refractivity (Wildman–Crippen MR) is 74.2 cm³/mol. The summed E-state index contributed by atoms with van der Waals surface area (Å²) in [6, 6.07) is -0.314. The highest BCUT2D eigenvalue weighted by Gasteiger charge is 2.30. The molecule has 0 spiro atoms. The number of piperidine rings is 1. The average molecular weight is 263 g/mol. The summed E-state index contributed by atoms with van der Waals surface area (Å²) in [6.45, 7) is 10.4. The van der Waals surface area contributed by atoms with Gasteiger partial charge in [0.15, 0.2) is 0 Å². The molecule has 0 saturated carbocycles. The van der Waals surface area contributed by atoms with E-state index in [1.807, 2.05) is 4.90 Å². The highest BCUT2D eigenvalue weighted by Crippen LogP contribution is 2.23. The van der Waals surface area contributed by atoms with Crippen molar-refractivity contribution < 1.29 is 4.79 Å². The van der Waals surface area contributed by atoms with Crippen molar-refractivity contribution in [1.29, 1.82) is 0 Å². The minimum Gasteiger partial charge on any atom is -0.341 e. The van der Waals surface area contributed by atoms with Gasteiger partial charge in [0, 0.05) is 13.1 Å². The van der Waals surface area contributed by atoms with E-state index in [2.05, 4.69) is 27.7 Å². The first-order valence-corrected chi connectivity index (χ1v) is 6.51. The fourth-order valence-corrected chi connectivity index (χ4v) is 2.17. The molecule has 1 aliphatic heterocycles. The maximum Gasteiger partial charge on any atom is 0.239 e. The van der Waals surface area contributed by atoms with Gasteiger partial charge < -0.3 is 10.6 Å². The van der Waals surface area contributed by atoms with Crippen LogP contribution in [-0.2, 0) is 4.79 Å². The van der Waals surface area contributed by atoms with Crippen LogP contribution in [0.1, 0.15) is 40.5 Å². The molecule has 0 aromatic carbocycles. The van der Waals surface area contributed by atoms with E-state index in [0.717, 1.165) is 31.8 Å². The Morgan fingerprint density at radius 2 is 2.00 bits per heavy atom. The number of nitrogens with zero attached hydrogens (tertiary/aromatic N) is 1. The van der Waals surface area contributed by atoms with Crippen LogP contribution in [0, 0.1) is 17.8 Å². The van der Waals surface area contributed by atoms with Crippen molar-refractivity contribution in [1.82, 2.24) is 4.90 Å². The van der Waals surface area contributed by atoms with Gasteiger partial charge in [-0.05, 0) is 24.2 Å². The number of carbonyl (C=O) groups excluding carboxylic acids is 1. The number of amides is 1. The lowest BCUT2D eigenvalue weighted by Crippen LogP contribution is -2.51. The highest BCUT2D eigenvalue weighted by atomic mass is 35.5. The Bertz CT molecular complexity index is 248. The van der Waals surface area contributed by atoms with Crippen molar-refractivity contribution in [3.63, 3.8) is 0 Å². The second-order valence-corrected chi connectivity index (χ2v) is 5.44. The normalized spacial score (nSPS) is 28.2. The van der Waals surface area contributed by atoms with Gasteiger partial charge in [0.2, 0.25) is 5.91 Å². The second kappa shape index (κ2) is 7.22. The molecule has 1 aliphatic rings. The fraction of sp³-hybridized carbons (Fsp3) is 0.923. The summed E-state index contributed by atoms with van der Waals surface area (Å²) < 4.78 is 0. The van der Waals surface area contributed by atoms with Crippen molar-refractivity contribution >= 4 is 18.3 Å². The largest absolute Gasteiger partial charge is 0.341 e. The average Bonchev–Trinajstić information content (AvgIpc) is 2.29. The number of nitrogens with two attached hydrogens (primary N) is 1. The standard InChI is InChI=1S/C13H26N2O.ClH/c1-5-9(2)12(14)13(16)15-7-6-10(3)11(4)8-15;/h9-12H,5-8,14H2,1-4H3;1H. The van der Waals surface area contributed by atoms with Gasteiger partial charge >= 0.3 is 0 Å². The molecule has 17 heavy (non-hydrogen) atoms. The lowest BCUT2D eigenvalue weighted by Gasteiger charge is -2.37. The van der Waals surface area contributed by atoms with Gasteiger partial charge in [0.05, 0.1) is 6.04 Å². The zero-order valence-corrected chi connectivity index (χ0v) is 12.3. The van der Waals surface area contributed by atoms with Crippen LogP contribution in [0.25, 0.3) is 0 Å². The number of likely N-dealkylation sites (tertiary alicyclic amines) is 1. The topological polar surface area (TPSA) is 46.3 Å². The van der Waals surface area contributed by atoms with E-state index in [4.69, 9.17) is 5.73 Å². The van der Waals surface area contributed by atoms with Gasteiger partial charge in [0.1, 0.15) is 0 Å². The zero-order valence-electron chi connectivity index (χ0n) is 11.5. The summed E-state index contributed by atoms with van der Waals surface area (Å²) in [5.74, 6) is 1.75. The molecule has 1 heterocycles. The number of hydrogen-bond donors (Lipinski definition) is 1.